The number of ether oxygens (including phenoxy) is 1. The van der Waals surface area contributed by atoms with Crippen LogP contribution in [0.2, 0.25) is 5.02 Å². The van der Waals surface area contributed by atoms with Gasteiger partial charge in [0.05, 0.1) is 18.2 Å². The van der Waals surface area contributed by atoms with Crippen LogP contribution in [0, 0.1) is 11.3 Å². The highest BCUT2D eigenvalue weighted by atomic mass is 35.5. The molecule has 4 heteroatoms. The number of methoxy groups -OCH3 is 1. The summed E-state index contributed by atoms with van der Waals surface area (Å²) in [7, 11) is 1.59. The normalized spacial score (nSPS) is 18.1. The molecule has 1 atom stereocenters. The molecule has 1 unspecified atom stereocenters. The van der Waals surface area contributed by atoms with Crippen molar-refractivity contribution in [3.63, 3.8) is 0 Å². The fraction of sp³-hybridized carbons (Fsp3) is 0.500. The summed E-state index contributed by atoms with van der Waals surface area (Å²) in [5.41, 5.74) is 0.949. The maximum Gasteiger partial charge on any atom is 0.137 e. The first kappa shape index (κ1) is 13.2. The van der Waals surface area contributed by atoms with Crippen LogP contribution in [0.25, 0.3) is 0 Å². The number of hydrogen-bond acceptors (Lipinski definition) is 3. The van der Waals surface area contributed by atoms with Crippen LogP contribution in [0.3, 0.4) is 0 Å². The van der Waals surface area contributed by atoms with Crippen LogP contribution in [0.4, 0.5) is 0 Å². The molecule has 0 spiro atoms. The average Bonchev–Trinajstić information content (AvgIpc) is 2.41. The lowest BCUT2D eigenvalue weighted by Gasteiger charge is -2.30. The highest BCUT2D eigenvalue weighted by Gasteiger charge is 2.22. The van der Waals surface area contributed by atoms with Gasteiger partial charge < -0.3 is 4.74 Å². The molecule has 3 nitrogen and oxygen atoms in total. The summed E-state index contributed by atoms with van der Waals surface area (Å²) < 4.78 is 5.13. The number of hydrogen-bond donors (Lipinski definition) is 0. The Hall–Kier alpha value is -1.24. The Balaban J connectivity index is 2.22. The van der Waals surface area contributed by atoms with Gasteiger partial charge in [-0.1, -0.05) is 24.1 Å². The third kappa shape index (κ3) is 2.77. The van der Waals surface area contributed by atoms with Gasteiger partial charge in [-0.3, -0.25) is 4.90 Å². The van der Waals surface area contributed by atoms with Crippen LogP contribution < -0.4 is 4.74 Å². The molecule has 18 heavy (non-hydrogen) atoms. The number of nitriles is 1. The molecule has 2 rings (SSSR count). The fourth-order valence-corrected chi connectivity index (χ4v) is 2.66. The predicted octanol–water partition coefficient (Wildman–Crippen LogP) is 3.40. The number of piperidine rings is 1. The fourth-order valence-electron chi connectivity index (χ4n) is 2.40. The predicted molar refractivity (Wildman–Crippen MR) is 71.8 cm³/mol. The maximum absolute atomic E-state index is 9.38. The van der Waals surface area contributed by atoms with E-state index in [4.69, 9.17) is 16.3 Å². The van der Waals surface area contributed by atoms with Gasteiger partial charge in [-0.15, -0.1) is 0 Å². The Morgan fingerprint density at radius 2 is 2.06 bits per heavy atom. The van der Waals surface area contributed by atoms with Crippen molar-refractivity contribution in [3.8, 4) is 11.8 Å². The van der Waals surface area contributed by atoms with E-state index in [9.17, 15) is 5.26 Å². The second-order valence-corrected chi connectivity index (χ2v) is 4.93. The van der Waals surface area contributed by atoms with E-state index in [1.165, 1.54) is 19.3 Å². The molecule has 96 valence electrons. The number of nitrogens with zero attached hydrogens (tertiary/aromatic N) is 2. The molecular formula is C14H17ClN2O. The molecule has 1 aliphatic rings. The Morgan fingerprint density at radius 1 is 1.33 bits per heavy atom. The second kappa shape index (κ2) is 6.08. The molecule has 0 aliphatic carbocycles. The van der Waals surface area contributed by atoms with Crippen LogP contribution in [-0.4, -0.2) is 25.1 Å². The quantitative estimate of drug-likeness (QED) is 0.840. The number of rotatable bonds is 3. The van der Waals surface area contributed by atoms with Gasteiger partial charge >= 0.3 is 0 Å². The summed E-state index contributed by atoms with van der Waals surface area (Å²) in [5, 5.41) is 9.95. The topological polar surface area (TPSA) is 36.3 Å². The first-order chi connectivity index (χ1) is 8.76. The van der Waals surface area contributed by atoms with Crippen molar-refractivity contribution in [1.82, 2.24) is 4.90 Å². The summed E-state index contributed by atoms with van der Waals surface area (Å²) in [4.78, 5) is 2.22. The number of likely N-dealkylation sites (tertiary alicyclic amines) is 1. The minimum absolute atomic E-state index is 0.200. The molecule has 1 aromatic carbocycles. The lowest BCUT2D eigenvalue weighted by molar-refractivity contribution is 0.196. The van der Waals surface area contributed by atoms with Gasteiger partial charge in [-0.25, -0.2) is 0 Å². The van der Waals surface area contributed by atoms with Crippen molar-refractivity contribution in [2.75, 3.05) is 20.2 Å². The van der Waals surface area contributed by atoms with Gasteiger partial charge in [-0.2, -0.15) is 5.26 Å². The van der Waals surface area contributed by atoms with Crippen molar-refractivity contribution >= 4 is 11.6 Å². The third-order valence-electron chi connectivity index (χ3n) is 3.37. The summed E-state index contributed by atoms with van der Waals surface area (Å²) in [6.07, 6.45) is 3.60. The van der Waals surface area contributed by atoms with Gasteiger partial charge in [0.1, 0.15) is 11.8 Å². The molecule has 1 aliphatic heterocycles. The number of halogens is 1. The standard InChI is InChI=1S/C14H17ClN2O/c1-18-14-6-5-11(9-12(14)15)13(10-16)17-7-3-2-4-8-17/h5-6,9,13H,2-4,7-8H2,1H3. The van der Waals surface area contributed by atoms with Crippen LogP contribution in [0.15, 0.2) is 18.2 Å². The molecule has 1 heterocycles. The average molecular weight is 265 g/mol. The second-order valence-electron chi connectivity index (χ2n) is 4.52. The van der Waals surface area contributed by atoms with Gasteiger partial charge in [0.25, 0.3) is 0 Å². The van der Waals surface area contributed by atoms with Gasteiger partial charge in [0, 0.05) is 0 Å². The zero-order chi connectivity index (χ0) is 13.0. The van der Waals surface area contributed by atoms with Crippen LogP contribution in [-0.2, 0) is 0 Å². The van der Waals surface area contributed by atoms with Crippen molar-refractivity contribution in [2.24, 2.45) is 0 Å². The molecule has 0 radical (unpaired) electrons. The zero-order valence-electron chi connectivity index (χ0n) is 10.5. The van der Waals surface area contributed by atoms with Crippen LogP contribution >= 0.6 is 11.6 Å². The Morgan fingerprint density at radius 3 is 2.61 bits per heavy atom. The number of benzene rings is 1. The van der Waals surface area contributed by atoms with E-state index >= 15 is 0 Å². The van der Waals surface area contributed by atoms with E-state index in [0.29, 0.717) is 10.8 Å². The molecule has 1 saturated heterocycles. The molecule has 0 saturated carbocycles. The maximum atomic E-state index is 9.38. The highest BCUT2D eigenvalue weighted by Crippen LogP contribution is 2.30. The molecular weight excluding hydrogens is 248 g/mol. The van der Waals surface area contributed by atoms with Crippen LogP contribution in [0.1, 0.15) is 30.9 Å². The summed E-state index contributed by atoms with van der Waals surface area (Å²) in [6, 6.07) is 7.76. The SMILES string of the molecule is COc1ccc(C(C#N)N2CCCCC2)cc1Cl. The minimum Gasteiger partial charge on any atom is -0.495 e. The molecule has 0 bridgehead atoms. The molecule has 0 N–H and O–H groups in total. The first-order valence-corrected chi connectivity index (χ1v) is 6.61. The van der Waals surface area contributed by atoms with E-state index in [0.717, 1.165) is 18.7 Å². The Bertz CT molecular complexity index is 450. The molecule has 1 aromatic rings. The lowest BCUT2D eigenvalue weighted by Crippen LogP contribution is -2.33. The van der Waals surface area contributed by atoms with E-state index < -0.39 is 0 Å². The van der Waals surface area contributed by atoms with E-state index in [2.05, 4.69) is 11.0 Å². The first-order valence-electron chi connectivity index (χ1n) is 6.23. The van der Waals surface area contributed by atoms with Crippen molar-refractivity contribution in [2.45, 2.75) is 25.3 Å². The van der Waals surface area contributed by atoms with Crippen molar-refractivity contribution in [3.05, 3.63) is 28.8 Å². The third-order valence-corrected chi connectivity index (χ3v) is 3.67. The smallest absolute Gasteiger partial charge is 0.137 e. The minimum atomic E-state index is -0.200. The van der Waals surface area contributed by atoms with Gasteiger partial charge in [0.2, 0.25) is 0 Å². The summed E-state index contributed by atoms with van der Waals surface area (Å²) in [5.74, 6) is 0.649. The van der Waals surface area contributed by atoms with Gasteiger partial charge in [-0.05, 0) is 43.6 Å². The summed E-state index contributed by atoms with van der Waals surface area (Å²) >= 11 is 6.12. The van der Waals surface area contributed by atoms with Crippen LogP contribution in [0.5, 0.6) is 5.75 Å². The Labute approximate surface area is 113 Å². The molecule has 1 fully saturated rings. The van der Waals surface area contributed by atoms with E-state index in [1.807, 2.05) is 18.2 Å². The molecule has 0 aromatic heterocycles. The lowest BCUT2D eigenvalue weighted by atomic mass is 10.0. The highest BCUT2D eigenvalue weighted by molar-refractivity contribution is 6.32. The molecule has 0 amide bonds. The Kier molecular flexibility index (Phi) is 4.46. The monoisotopic (exact) mass is 264 g/mol. The van der Waals surface area contributed by atoms with E-state index in [1.54, 1.807) is 7.11 Å². The summed E-state index contributed by atoms with van der Waals surface area (Å²) in [6.45, 7) is 1.98. The zero-order valence-corrected chi connectivity index (χ0v) is 11.3. The largest absolute Gasteiger partial charge is 0.495 e. The van der Waals surface area contributed by atoms with Gasteiger partial charge in [0.15, 0.2) is 0 Å². The van der Waals surface area contributed by atoms with Crippen molar-refractivity contribution in [1.29, 1.82) is 5.26 Å². The van der Waals surface area contributed by atoms with Crippen molar-refractivity contribution < 1.29 is 4.74 Å². The van der Waals surface area contributed by atoms with E-state index in [-0.39, 0.29) is 6.04 Å².